The number of aliphatic imine (C=N–C) groups is 1. The van der Waals surface area contributed by atoms with Gasteiger partial charge in [-0.2, -0.15) is 13.2 Å². The van der Waals surface area contributed by atoms with Crippen LogP contribution in [-0.4, -0.2) is 68.6 Å². The van der Waals surface area contributed by atoms with Crippen LogP contribution in [0.4, 0.5) is 13.2 Å². The Morgan fingerprint density at radius 3 is 2.43 bits per heavy atom. The molecule has 0 bridgehead atoms. The Labute approximate surface area is 166 Å². The van der Waals surface area contributed by atoms with Crippen molar-refractivity contribution in [2.75, 3.05) is 52.9 Å². The minimum Gasteiger partial charge on any atom is -0.356 e. The Hall–Kier alpha value is -1.80. The maximum absolute atomic E-state index is 12.8. The molecule has 0 saturated carbocycles. The number of benzene rings is 1. The average Bonchev–Trinajstić information content (AvgIpc) is 2.70. The summed E-state index contributed by atoms with van der Waals surface area (Å²) in [6, 6.07) is 5.35. The van der Waals surface area contributed by atoms with E-state index < -0.39 is 11.7 Å². The van der Waals surface area contributed by atoms with Crippen molar-refractivity contribution in [3.05, 3.63) is 35.4 Å². The fourth-order valence-electron chi connectivity index (χ4n) is 3.26. The van der Waals surface area contributed by atoms with Crippen LogP contribution in [0.1, 0.15) is 30.9 Å². The molecule has 1 aliphatic heterocycles. The van der Waals surface area contributed by atoms with Crippen LogP contribution in [0.2, 0.25) is 0 Å². The van der Waals surface area contributed by atoms with Gasteiger partial charge in [0, 0.05) is 46.3 Å². The Balaban J connectivity index is 1.63. The molecule has 0 radical (unpaired) electrons. The summed E-state index contributed by atoms with van der Waals surface area (Å²) in [7, 11) is 1.66. The van der Waals surface area contributed by atoms with Gasteiger partial charge in [0.2, 0.25) is 0 Å². The number of unbranched alkanes of at least 4 members (excludes halogenated alkanes) is 1. The van der Waals surface area contributed by atoms with Gasteiger partial charge < -0.3 is 20.4 Å². The van der Waals surface area contributed by atoms with Gasteiger partial charge in [0.25, 0.3) is 0 Å². The van der Waals surface area contributed by atoms with Gasteiger partial charge >= 0.3 is 6.18 Å². The molecule has 8 heteroatoms. The predicted molar refractivity (Wildman–Crippen MR) is 107 cm³/mol. The highest BCUT2D eigenvalue weighted by atomic mass is 19.4. The quantitative estimate of drug-likeness (QED) is 0.401. The summed E-state index contributed by atoms with van der Waals surface area (Å²) in [6.07, 6.45) is -2.18. The zero-order valence-corrected chi connectivity index (χ0v) is 16.9. The van der Waals surface area contributed by atoms with Crippen molar-refractivity contribution in [3.8, 4) is 0 Å². The van der Waals surface area contributed by atoms with E-state index in [1.165, 1.54) is 12.1 Å². The molecule has 0 amide bonds. The summed E-state index contributed by atoms with van der Waals surface area (Å²) in [4.78, 5) is 9.11. The fourth-order valence-corrected chi connectivity index (χ4v) is 3.26. The maximum Gasteiger partial charge on any atom is 0.416 e. The zero-order chi connectivity index (χ0) is 20.4. The van der Waals surface area contributed by atoms with Crippen molar-refractivity contribution in [3.63, 3.8) is 0 Å². The Morgan fingerprint density at radius 1 is 1.07 bits per heavy atom. The molecule has 0 unspecified atom stereocenters. The van der Waals surface area contributed by atoms with Gasteiger partial charge in [0.05, 0.1) is 5.56 Å². The van der Waals surface area contributed by atoms with E-state index in [1.807, 2.05) is 0 Å². The molecule has 5 nitrogen and oxygen atoms in total. The second-order valence-electron chi connectivity index (χ2n) is 7.03. The molecule has 0 spiro atoms. The summed E-state index contributed by atoms with van der Waals surface area (Å²) < 4.78 is 38.3. The van der Waals surface area contributed by atoms with Gasteiger partial charge in [-0.3, -0.25) is 4.99 Å². The Bertz CT molecular complexity index is 610. The topological polar surface area (TPSA) is 42.9 Å². The zero-order valence-electron chi connectivity index (χ0n) is 16.9. The molecular formula is C20H32F3N5. The van der Waals surface area contributed by atoms with Crippen LogP contribution in [0.5, 0.6) is 0 Å². The smallest absolute Gasteiger partial charge is 0.356 e. The van der Waals surface area contributed by atoms with E-state index >= 15 is 0 Å². The second kappa shape index (κ2) is 11.3. The summed E-state index contributed by atoms with van der Waals surface area (Å²) in [5.41, 5.74) is -0.0569. The van der Waals surface area contributed by atoms with Crippen molar-refractivity contribution in [2.45, 2.75) is 32.5 Å². The third-order valence-electron chi connectivity index (χ3n) is 5.04. The standard InChI is InChI=1S/C20H32F3N5/c1-3-27-11-13-28(14-12-27)10-5-4-9-25-19(24-2)26-16-17-7-6-8-18(15-17)20(21,22)23/h6-8,15H,3-5,9-14,16H2,1-2H3,(H2,24,25,26). The number of halogens is 3. The van der Waals surface area contributed by atoms with Crippen molar-refractivity contribution in [1.82, 2.24) is 20.4 Å². The number of alkyl halides is 3. The Kier molecular flexibility index (Phi) is 9.05. The fraction of sp³-hybridized carbons (Fsp3) is 0.650. The molecular weight excluding hydrogens is 367 g/mol. The molecule has 28 heavy (non-hydrogen) atoms. The first-order valence-corrected chi connectivity index (χ1v) is 9.97. The second-order valence-corrected chi connectivity index (χ2v) is 7.03. The highest BCUT2D eigenvalue weighted by Gasteiger charge is 2.30. The SMILES string of the molecule is CCN1CCN(CCCCNC(=NC)NCc2cccc(C(F)(F)F)c2)CC1. The van der Waals surface area contributed by atoms with Gasteiger partial charge in [-0.1, -0.05) is 19.1 Å². The van der Waals surface area contributed by atoms with Crippen LogP contribution in [0.25, 0.3) is 0 Å². The van der Waals surface area contributed by atoms with Crippen molar-refractivity contribution in [1.29, 1.82) is 0 Å². The molecule has 1 aliphatic rings. The molecule has 1 fully saturated rings. The normalized spacial score (nSPS) is 17.0. The van der Waals surface area contributed by atoms with Gasteiger partial charge in [-0.05, 0) is 43.6 Å². The molecule has 2 rings (SSSR count). The molecule has 0 aromatic heterocycles. The van der Waals surface area contributed by atoms with Crippen LogP contribution in [0, 0.1) is 0 Å². The van der Waals surface area contributed by atoms with Gasteiger partial charge in [-0.25, -0.2) is 0 Å². The minimum absolute atomic E-state index is 0.297. The van der Waals surface area contributed by atoms with Crippen LogP contribution in [0.15, 0.2) is 29.3 Å². The number of nitrogens with one attached hydrogen (secondary N) is 2. The van der Waals surface area contributed by atoms with Gasteiger partial charge in [0.1, 0.15) is 0 Å². The first kappa shape index (κ1) is 22.5. The molecule has 1 heterocycles. The summed E-state index contributed by atoms with van der Waals surface area (Å²) >= 11 is 0. The lowest BCUT2D eigenvalue weighted by molar-refractivity contribution is -0.137. The molecule has 0 atom stereocenters. The van der Waals surface area contributed by atoms with Crippen molar-refractivity contribution in [2.24, 2.45) is 4.99 Å². The van der Waals surface area contributed by atoms with Crippen LogP contribution in [0.3, 0.4) is 0 Å². The molecule has 1 aromatic carbocycles. The molecule has 158 valence electrons. The maximum atomic E-state index is 12.8. The van der Waals surface area contributed by atoms with Crippen LogP contribution in [-0.2, 0) is 12.7 Å². The van der Waals surface area contributed by atoms with E-state index in [0.29, 0.717) is 18.1 Å². The van der Waals surface area contributed by atoms with Crippen LogP contribution >= 0.6 is 0 Å². The summed E-state index contributed by atoms with van der Waals surface area (Å²) in [6.45, 7) is 10.1. The predicted octanol–water partition coefficient (Wildman–Crippen LogP) is 2.79. The molecule has 1 saturated heterocycles. The largest absolute Gasteiger partial charge is 0.416 e. The first-order valence-electron chi connectivity index (χ1n) is 9.97. The van der Waals surface area contributed by atoms with Gasteiger partial charge in [0.15, 0.2) is 5.96 Å². The van der Waals surface area contributed by atoms with E-state index in [1.54, 1.807) is 13.1 Å². The average molecular weight is 400 g/mol. The number of piperazine rings is 1. The van der Waals surface area contributed by atoms with Crippen molar-refractivity contribution >= 4 is 5.96 Å². The number of nitrogens with zero attached hydrogens (tertiary/aromatic N) is 3. The molecule has 1 aromatic rings. The lowest BCUT2D eigenvalue weighted by Gasteiger charge is -2.34. The third kappa shape index (κ3) is 7.67. The number of rotatable bonds is 8. The minimum atomic E-state index is -4.32. The monoisotopic (exact) mass is 399 g/mol. The number of likely N-dealkylation sites (N-methyl/N-ethyl adjacent to an activating group) is 1. The molecule has 2 N–H and O–H groups in total. The lowest BCUT2D eigenvalue weighted by Crippen LogP contribution is -2.46. The first-order chi connectivity index (χ1) is 13.4. The van der Waals surface area contributed by atoms with E-state index in [9.17, 15) is 13.2 Å². The van der Waals surface area contributed by atoms with Gasteiger partial charge in [-0.15, -0.1) is 0 Å². The third-order valence-corrected chi connectivity index (χ3v) is 5.04. The highest BCUT2D eigenvalue weighted by molar-refractivity contribution is 5.79. The number of hydrogen-bond donors (Lipinski definition) is 2. The van der Waals surface area contributed by atoms with E-state index in [2.05, 4.69) is 32.3 Å². The highest BCUT2D eigenvalue weighted by Crippen LogP contribution is 2.29. The molecule has 0 aliphatic carbocycles. The lowest BCUT2D eigenvalue weighted by atomic mass is 10.1. The summed E-state index contributed by atoms with van der Waals surface area (Å²) in [5, 5.41) is 6.30. The van der Waals surface area contributed by atoms with Crippen LogP contribution < -0.4 is 10.6 Å². The van der Waals surface area contributed by atoms with E-state index in [4.69, 9.17) is 0 Å². The summed E-state index contributed by atoms with van der Waals surface area (Å²) in [5.74, 6) is 0.606. The number of hydrogen-bond acceptors (Lipinski definition) is 3. The van der Waals surface area contributed by atoms with E-state index in [-0.39, 0.29) is 0 Å². The van der Waals surface area contributed by atoms with E-state index in [0.717, 1.165) is 64.7 Å². The Morgan fingerprint density at radius 2 is 1.79 bits per heavy atom. The van der Waals surface area contributed by atoms with Crippen molar-refractivity contribution < 1.29 is 13.2 Å². The number of guanidine groups is 1.